The number of likely N-dealkylation sites (N-methyl/N-ethyl adjacent to an activating group) is 1. The zero-order chi connectivity index (χ0) is 19.2. The number of anilines is 2. The first-order valence-corrected chi connectivity index (χ1v) is 8.21. The Morgan fingerprint density at radius 2 is 1.89 bits per heavy atom. The van der Waals surface area contributed by atoms with Gasteiger partial charge in [-0.25, -0.2) is 15.0 Å². The number of piperazine rings is 1. The van der Waals surface area contributed by atoms with E-state index >= 15 is 0 Å². The van der Waals surface area contributed by atoms with Crippen molar-refractivity contribution in [1.29, 1.82) is 0 Å². The van der Waals surface area contributed by atoms with Crippen molar-refractivity contribution in [3.63, 3.8) is 0 Å². The van der Waals surface area contributed by atoms with Crippen molar-refractivity contribution in [3.8, 4) is 0 Å². The van der Waals surface area contributed by atoms with Gasteiger partial charge in [0.2, 0.25) is 11.6 Å². The van der Waals surface area contributed by atoms with Gasteiger partial charge in [-0.2, -0.15) is 0 Å². The van der Waals surface area contributed by atoms with E-state index in [0.717, 1.165) is 13.1 Å². The Hall–Kier alpha value is -3.38. The summed E-state index contributed by atoms with van der Waals surface area (Å²) in [4.78, 5) is 36.9. The van der Waals surface area contributed by atoms with Crippen LogP contribution in [-0.4, -0.2) is 68.9 Å². The molecule has 2 aromatic rings. The molecule has 1 saturated heterocycles. The summed E-state index contributed by atoms with van der Waals surface area (Å²) in [6.45, 7) is 3.04. The number of amides is 1. The van der Waals surface area contributed by atoms with E-state index < -0.39 is 10.8 Å². The topological polar surface area (TPSA) is 141 Å². The summed E-state index contributed by atoms with van der Waals surface area (Å²) in [7, 11) is 2.01. The smallest absolute Gasteiger partial charge is 0.304 e. The van der Waals surface area contributed by atoms with Crippen LogP contribution in [0.15, 0.2) is 30.7 Å². The monoisotopic (exact) mass is 373 g/mol. The van der Waals surface area contributed by atoms with Gasteiger partial charge < -0.3 is 4.90 Å². The molecule has 0 unspecified atom stereocenters. The second-order valence-electron chi connectivity index (χ2n) is 5.87. The van der Waals surface area contributed by atoms with E-state index in [2.05, 4.69) is 36.1 Å². The number of pyridine rings is 1. The van der Waals surface area contributed by atoms with Crippen LogP contribution in [0.5, 0.6) is 0 Å². The van der Waals surface area contributed by atoms with E-state index in [0.29, 0.717) is 13.1 Å². The number of nitrogens with zero attached hydrogens (tertiary/aromatic N) is 6. The van der Waals surface area contributed by atoms with Gasteiger partial charge in [-0.15, -0.1) is 0 Å². The van der Waals surface area contributed by atoms with E-state index in [4.69, 9.17) is 0 Å². The third kappa shape index (κ3) is 4.62. The van der Waals surface area contributed by atoms with Crippen molar-refractivity contribution in [2.24, 2.45) is 0 Å². The fourth-order valence-electron chi connectivity index (χ4n) is 2.47. The molecule has 1 aliphatic rings. The first-order chi connectivity index (χ1) is 13.0. The molecule has 3 rings (SSSR count). The number of rotatable bonds is 6. The lowest BCUT2D eigenvalue weighted by Crippen LogP contribution is -2.47. The molecular formula is C15H19N9O3. The van der Waals surface area contributed by atoms with Crippen LogP contribution >= 0.6 is 0 Å². The van der Waals surface area contributed by atoms with Crippen LogP contribution < -0.4 is 16.3 Å². The SMILES string of the molecule is CN1CCN(Nc2ncnc(NNC(=O)c3ccccn3)c2[N+](=O)[O-])CC1. The van der Waals surface area contributed by atoms with E-state index in [1.165, 1.54) is 18.6 Å². The summed E-state index contributed by atoms with van der Waals surface area (Å²) >= 11 is 0. The molecule has 0 aromatic carbocycles. The van der Waals surface area contributed by atoms with Crippen LogP contribution in [0, 0.1) is 10.1 Å². The maximum atomic E-state index is 12.1. The van der Waals surface area contributed by atoms with E-state index in [-0.39, 0.29) is 23.0 Å². The second kappa shape index (κ2) is 8.33. The summed E-state index contributed by atoms with van der Waals surface area (Å²) in [5.74, 6) is -0.623. The van der Waals surface area contributed by atoms with Crippen LogP contribution in [0.1, 0.15) is 10.5 Å². The maximum Gasteiger partial charge on any atom is 0.356 e. The van der Waals surface area contributed by atoms with Crippen LogP contribution in [-0.2, 0) is 0 Å². The minimum absolute atomic E-state index is 0.0501. The number of hydrazine groups is 2. The lowest BCUT2D eigenvalue weighted by molar-refractivity contribution is -0.383. The summed E-state index contributed by atoms with van der Waals surface area (Å²) < 4.78 is 0. The highest BCUT2D eigenvalue weighted by molar-refractivity contribution is 5.93. The van der Waals surface area contributed by atoms with Gasteiger partial charge in [-0.3, -0.25) is 36.2 Å². The average Bonchev–Trinajstić information content (AvgIpc) is 2.68. The van der Waals surface area contributed by atoms with Gasteiger partial charge in [0.25, 0.3) is 5.91 Å². The number of carbonyl (C=O) groups excluding carboxylic acids is 1. The highest BCUT2D eigenvalue weighted by Crippen LogP contribution is 2.28. The number of carbonyl (C=O) groups is 1. The third-order valence-corrected chi connectivity index (χ3v) is 3.96. The zero-order valence-corrected chi connectivity index (χ0v) is 14.6. The third-order valence-electron chi connectivity index (χ3n) is 3.96. The lowest BCUT2D eigenvalue weighted by Gasteiger charge is -2.32. The Labute approximate surface area is 154 Å². The van der Waals surface area contributed by atoms with Crippen LogP contribution in [0.25, 0.3) is 0 Å². The van der Waals surface area contributed by atoms with Crippen molar-refractivity contribution in [1.82, 2.24) is 30.3 Å². The fraction of sp³-hybridized carbons (Fsp3) is 0.333. The Morgan fingerprint density at radius 3 is 2.56 bits per heavy atom. The van der Waals surface area contributed by atoms with Gasteiger partial charge in [0.15, 0.2) is 0 Å². The molecule has 0 saturated carbocycles. The van der Waals surface area contributed by atoms with Crippen molar-refractivity contribution in [2.75, 3.05) is 44.1 Å². The first kappa shape index (κ1) is 18.4. The normalized spacial score (nSPS) is 15.1. The molecule has 142 valence electrons. The largest absolute Gasteiger partial charge is 0.356 e. The highest BCUT2D eigenvalue weighted by atomic mass is 16.6. The molecule has 27 heavy (non-hydrogen) atoms. The van der Waals surface area contributed by atoms with Crippen molar-refractivity contribution < 1.29 is 9.72 Å². The Bertz CT molecular complexity index is 809. The van der Waals surface area contributed by atoms with Crippen LogP contribution in [0.2, 0.25) is 0 Å². The van der Waals surface area contributed by atoms with Gasteiger partial charge in [0, 0.05) is 32.4 Å². The van der Waals surface area contributed by atoms with Gasteiger partial charge in [0.05, 0.1) is 4.92 Å². The molecule has 0 aliphatic carbocycles. The summed E-state index contributed by atoms with van der Waals surface area (Å²) in [5, 5.41) is 13.4. The fourth-order valence-corrected chi connectivity index (χ4v) is 2.47. The quantitative estimate of drug-likeness (QED) is 0.472. The Balaban J connectivity index is 1.73. The van der Waals surface area contributed by atoms with Gasteiger partial charge in [-0.05, 0) is 19.2 Å². The molecule has 12 nitrogen and oxygen atoms in total. The van der Waals surface area contributed by atoms with Gasteiger partial charge in [-0.1, -0.05) is 6.07 Å². The van der Waals surface area contributed by atoms with Crippen molar-refractivity contribution in [2.45, 2.75) is 0 Å². The van der Waals surface area contributed by atoms with E-state index in [1.807, 2.05) is 12.1 Å². The molecule has 0 radical (unpaired) electrons. The Morgan fingerprint density at radius 1 is 1.15 bits per heavy atom. The number of nitrogens with one attached hydrogen (secondary N) is 3. The maximum absolute atomic E-state index is 12.1. The summed E-state index contributed by atoms with van der Waals surface area (Å²) in [5.41, 5.74) is 7.59. The van der Waals surface area contributed by atoms with Crippen molar-refractivity contribution in [3.05, 3.63) is 46.5 Å². The number of nitro groups is 1. The minimum Gasteiger partial charge on any atom is -0.304 e. The number of aromatic nitrogens is 3. The molecule has 1 amide bonds. The standard InChI is InChI=1S/C15H19N9O3/c1-22-6-8-23(9-7-22)21-14-12(24(26)27)13(17-10-18-14)19-20-15(25)11-4-2-3-5-16-11/h2-5,10H,6-9H2,1H3,(H,20,25)(H2,17,18,19,21). The number of hydrogen-bond acceptors (Lipinski definition) is 10. The van der Waals surface area contributed by atoms with E-state index in [1.54, 1.807) is 12.1 Å². The molecule has 0 atom stereocenters. The molecule has 0 bridgehead atoms. The predicted molar refractivity (Wildman–Crippen MR) is 96.7 cm³/mol. The average molecular weight is 373 g/mol. The summed E-state index contributed by atoms with van der Waals surface area (Å²) in [6.07, 6.45) is 2.65. The molecular weight excluding hydrogens is 354 g/mol. The van der Waals surface area contributed by atoms with E-state index in [9.17, 15) is 14.9 Å². The first-order valence-electron chi connectivity index (χ1n) is 8.21. The van der Waals surface area contributed by atoms with Gasteiger partial charge >= 0.3 is 5.69 Å². The minimum atomic E-state index is -0.604. The highest BCUT2D eigenvalue weighted by Gasteiger charge is 2.26. The summed E-state index contributed by atoms with van der Waals surface area (Å²) in [6, 6.07) is 4.86. The van der Waals surface area contributed by atoms with Gasteiger partial charge in [0.1, 0.15) is 12.0 Å². The zero-order valence-electron chi connectivity index (χ0n) is 14.6. The predicted octanol–water partition coefficient (Wildman–Crippen LogP) is 0.111. The van der Waals surface area contributed by atoms with Crippen LogP contribution in [0.4, 0.5) is 17.3 Å². The molecule has 0 spiro atoms. The molecule has 1 aliphatic heterocycles. The van der Waals surface area contributed by atoms with Crippen molar-refractivity contribution >= 4 is 23.2 Å². The molecule has 12 heteroatoms. The molecule has 1 fully saturated rings. The molecule has 3 N–H and O–H groups in total. The number of hydrogen-bond donors (Lipinski definition) is 3. The second-order valence-corrected chi connectivity index (χ2v) is 5.87. The lowest BCUT2D eigenvalue weighted by atomic mass is 10.3. The molecule has 2 aromatic heterocycles. The van der Waals surface area contributed by atoms with Crippen LogP contribution in [0.3, 0.4) is 0 Å². The molecule has 3 heterocycles. The Kier molecular flexibility index (Phi) is 5.68.